The minimum atomic E-state index is -0.546. The monoisotopic (exact) mass is 466 g/mol. The Balaban J connectivity index is 1.70. The van der Waals surface area contributed by atoms with Crippen LogP contribution in [-0.2, 0) is 6.54 Å². The van der Waals surface area contributed by atoms with Crippen molar-refractivity contribution in [1.82, 2.24) is 5.32 Å². The van der Waals surface area contributed by atoms with E-state index in [0.717, 1.165) is 12.0 Å². The van der Waals surface area contributed by atoms with Crippen LogP contribution in [0.4, 0.5) is 17.1 Å². The van der Waals surface area contributed by atoms with Crippen LogP contribution in [0.5, 0.6) is 0 Å². The zero-order valence-electron chi connectivity index (χ0n) is 17.9. The molecule has 0 radical (unpaired) electrons. The summed E-state index contributed by atoms with van der Waals surface area (Å²) in [6, 6.07) is 17.8. The molecule has 0 fully saturated rings. The molecule has 33 heavy (non-hydrogen) atoms. The van der Waals surface area contributed by atoms with Crippen molar-refractivity contribution in [2.24, 2.45) is 0 Å². The van der Waals surface area contributed by atoms with E-state index >= 15 is 0 Å². The van der Waals surface area contributed by atoms with Gasteiger partial charge in [0.25, 0.3) is 17.5 Å². The van der Waals surface area contributed by atoms with Crippen LogP contribution in [0.25, 0.3) is 0 Å². The quantitative estimate of drug-likeness (QED) is 0.294. The number of benzene rings is 3. The van der Waals surface area contributed by atoms with Gasteiger partial charge in [-0.15, -0.1) is 0 Å². The summed E-state index contributed by atoms with van der Waals surface area (Å²) in [5.41, 5.74) is 1.93. The van der Waals surface area contributed by atoms with Gasteiger partial charge in [-0.1, -0.05) is 36.7 Å². The predicted molar refractivity (Wildman–Crippen MR) is 129 cm³/mol. The molecule has 0 atom stereocenters. The van der Waals surface area contributed by atoms with Gasteiger partial charge < -0.3 is 16.0 Å². The fraction of sp³-hybridized carbons (Fsp3) is 0.167. The van der Waals surface area contributed by atoms with E-state index < -0.39 is 10.8 Å². The maximum atomic E-state index is 12.6. The number of rotatable bonds is 9. The van der Waals surface area contributed by atoms with Crippen molar-refractivity contribution in [3.05, 3.63) is 98.6 Å². The molecule has 0 spiro atoms. The molecule has 0 saturated heterocycles. The van der Waals surface area contributed by atoms with Gasteiger partial charge in [0.1, 0.15) is 5.69 Å². The summed E-state index contributed by atoms with van der Waals surface area (Å²) < 4.78 is 0. The van der Waals surface area contributed by atoms with E-state index in [9.17, 15) is 19.7 Å². The largest absolute Gasteiger partial charge is 0.375 e. The lowest BCUT2D eigenvalue weighted by molar-refractivity contribution is -0.384. The van der Waals surface area contributed by atoms with E-state index in [-0.39, 0.29) is 22.8 Å². The van der Waals surface area contributed by atoms with Crippen molar-refractivity contribution in [1.29, 1.82) is 0 Å². The number of hydrogen-bond acceptors (Lipinski definition) is 5. The maximum absolute atomic E-state index is 12.6. The fourth-order valence-electron chi connectivity index (χ4n) is 3.05. The molecule has 0 aliphatic heterocycles. The van der Waals surface area contributed by atoms with E-state index in [1.54, 1.807) is 36.4 Å². The fourth-order valence-corrected chi connectivity index (χ4v) is 3.26. The first-order valence-corrected chi connectivity index (χ1v) is 10.7. The molecular weight excluding hydrogens is 444 g/mol. The minimum absolute atomic E-state index is 0.134. The average Bonchev–Trinajstić information content (AvgIpc) is 2.82. The van der Waals surface area contributed by atoms with Gasteiger partial charge in [-0.25, -0.2) is 0 Å². The van der Waals surface area contributed by atoms with Gasteiger partial charge in [-0.2, -0.15) is 0 Å². The summed E-state index contributed by atoms with van der Waals surface area (Å²) >= 11 is 6.14. The van der Waals surface area contributed by atoms with Gasteiger partial charge in [-0.05, 0) is 54.4 Å². The van der Waals surface area contributed by atoms with Crippen molar-refractivity contribution in [2.45, 2.75) is 19.9 Å². The van der Waals surface area contributed by atoms with Gasteiger partial charge in [0, 0.05) is 41.0 Å². The third-order valence-corrected chi connectivity index (χ3v) is 5.19. The number of hydrogen-bond donors (Lipinski definition) is 3. The summed E-state index contributed by atoms with van der Waals surface area (Å²) in [6.45, 7) is 2.84. The normalized spacial score (nSPS) is 10.4. The van der Waals surface area contributed by atoms with Gasteiger partial charge in [0.15, 0.2) is 0 Å². The van der Waals surface area contributed by atoms with Crippen LogP contribution in [0.3, 0.4) is 0 Å². The number of nitro benzene ring substituents is 1. The number of amides is 2. The van der Waals surface area contributed by atoms with Crippen molar-refractivity contribution in [3.8, 4) is 0 Å². The van der Waals surface area contributed by atoms with Crippen molar-refractivity contribution in [2.75, 3.05) is 17.2 Å². The topological polar surface area (TPSA) is 113 Å². The zero-order valence-corrected chi connectivity index (χ0v) is 18.7. The molecule has 0 aromatic heterocycles. The number of anilines is 2. The first kappa shape index (κ1) is 23.7. The number of carbonyl (C=O) groups excluding carboxylic acids is 2. The molecule has 3 N–H and O–H groups in total. The summed E-state index contributed by atoms with van der Waals surface area (Å²) in [5, 5.41) is 20.6. The molecule has 3 aromatic rings. The molecule has 0 aliphatic rings. The van der Waals surface area contributed by atoms with Gasteiger partial charge >= 0.3 is 0 Å². The minimum Gasteiger partial charge on any atom is -0.375 e. The summed E-state index contributed by atoms with van der Waals surface area (Å²) in [6.07, 6.45) is 0.834. The van der Waals surface area contributed by atoms with Crippen LogP contribution in [0.15, 0.2) is 66.7 Å². The highest BCUT2D eigenvalue weighted by Gasteiger charge is 2.18. The third-order valence-electron chi connectivity index (χ3n) is 4.82. The van der Waals surface area contributed by atoms with Crippen molar-refractivity contribution < 1.29 is 14.5 Å². The summed E-state index contributed by atoms with van der Waals surface area (Å²) in [4.78, 5) is 35.6. The Kier molecular flexibility index (Phi) is 7.99. The van der Waals surface area contributed by atoms with E-state index in [1.165, 1.54) is 18.2 Å². The Morgan fingerprint density at radius 3 is 2.33 bits per heavy atom. The summed E-state index contributed by atoms with van der Waals surface area (Å²) in [7, 11) is 0. The average molecular weight is 467 g/mol. The van der Waals surface area contributed by atoms with Crippen LogP contribution in [0.2, 0.25) is 5.02 Å². The first-order chi connectivity index (χ1) is 15.9. The van der Waals surface area contributed by atoms with Crippen LogP contribution in [0.1, 0.15) is 39.6 Å². The Labute approximate surface area is 196 Å². The predicted octanol–water partition coefficient (Wildman–Crippen LogP) is 5.25. The smallest absolute Gasteiger partial charge is 0.293 e. The van der Waals surface area contributed by atoms with Gasteiger partial charge in [0.05, 0.1) is 4.92 Å². The van der Waals surface area contributed by atoms with Gasteiger partial charge in [0.2, 0.25) is 0 Å². The number of nitro groups is 1. The number of carbonyl (C=O) groups is 2. The zero-order chi connectivity index (χ0) is 23.8. The molecule has 0 unspecified atom stereocenters. The van der Waals surface area contributed by atoms with Crippen molar-refractivity contribution in [3.63, 3.8) is 0 Å². The van der Waals surface area contributed by atoms with Crippen molar-refractivity contribution >= 4 is 40.5 Å². The molecule has 3 aromatic carbocycles. The van der Waals surface area contributed by atoms with E-state index in [4.69, 9.17) is 11.6 Å². The maximum Gasteiger partial charge on any atom is 0.293 e. The standard InChI is InChI=1S/C24H23ClN4O4/c1-2-13-26-23(30)16-7-10-19(11-8-16)28-24(31)17-9-12-21(22(14-17)29(32)33)27-15-18-5-3-4-6-20(18)25/h3-12,14,27H,2,13,15H2,1H3,(H,26,30)(H,28,31). The molecule has 3 rings (SSSR count). The van der Waals surface area contributed by atoms with E-state index in [2.05, 4.69) is 16.0 Å². The first-order valence-electron chi connectivity index (χ1n) is 10.3. The second-order valence-electron chi connectivity index (χ2n) is 7.22. The highest BCUT2D eigenvalue weighted by atomic mass is 35.5. The second-order valence-corrected chi connectivity index (χ2v) is 7.63. The number of halogens is 1. The molecule has 2 amide bonds. The van der Waals surface area contributed by atoms with E-state index in [1.807, 2.05) is 19.1 Å². The van der Waals surface area contributed by atoms with Gasteiger partial charge in [-0.3, -0.25) is 19.7 Å². The number of nitrogens with zero attached hydrogens (tertiary/aromatic N) is 1. The molecule has 0 heterocycles. The molecule has 0 bridgehead atoms. The van der Waals surface area contributed by atoms with Crippen LogP contribution < -0.4 is 16.0 Å². The Morgan fingerprint density at radius 2 is 1.67 bits per heavy atom. The van der Waals surface area contributed by atoms with E-state index in [0.29, 0.717) is 29.4 Å². The molecule has 8 nitrogen and oxygen atoms in total. The lowest BCUT2D eigenvalue weighted by Crippen LogP contribution is -2.23. The molecule has 0 saturated carbocycles. The second kappa shape index (κ2) is 11.1. The molecule has 0 aliphatic carbocycles. The molecular formula is C24H23ClN4O4. The van der Waals surface area contributed by atoms with Crippen LogP contribution in [-0.4, -0.2) is 23.3 Å². The highest BCUT2D eigenvalue weighted by molar-refractivity contribution is 6.31. The number of nitrogens with one attached hydrogen (secondary N) is 3. The SMILES string of the molecule is CCCNC(=O)c1ccc(NC(=O)c2ccc(NCc3ccccc3Cl)c([N+](=O)[O-])c2)cc1. The Hall–Kier alpha value is -3.91. The summed E-state index contributed by atoms with van der Waals surface area (Å²) in [5.74, 6) is -0.691. The molecule has 170 valence electrons. The van der Waals surface area contributed by atoms with Crippen LogP contribution >= 0.6 is 11.6 Å². The lowest BCUT2D eigenvalue weighted by atomic mass is 10.1. The highest BCUT2D eigenvalue weighted by Crippen LogP contribution is 2.27. The third kappa shape index (κ3) is 6.30. The molecule has 9 heteroatoms. The Morgan fingerprint density at radius 1 is 0.970 bits per heavy atom. The Bertz CT molecular complexity index is 1170. The van der Waals surface area contributed by atoms with Crippen LogP contribution in [0, 0.1) is 10.1 Å². The lowest BCUT2D eigenvalue weighted by Gasteiger charge is -2.10.